The highest BCUT2D eigenvalue weighted by Crippen LogP contribution is 2.12. The molecule has 6 nitrogen and oxygen atoms in total. The predicted octanol–water partition coefficient (Wildman–Crippen LogP) is 1.99. The van der Waals surface area contributed by atoms with E-state index in [1.807, 2.05) is 18.2 Å². The number of carbonyl (C=O) groups excluding carboxylic acids is 2. The summed E-state index contributed by atoms with van der Waals surface area (Å²) in [5.74, 6) is -0.953. The van der Waals surface area contributed by atoms with Crippen molar-refractivity contribution < 1.29 is 14.3 Å². The third kappa shape index (κ3) is 4.54. The number of hydrogen-bond donors (Lipinski definition) is 2. The molecule has 1 aromatic carbocycles. The molecule has 2 rings (SSSR count). The molecule has 1 heterocycles. The Bertz CT molecular complexity index is 725. The van der Waals surface area contributed by atoms with Crippen molar-refractivity contribution in [3.05, 3.63) is 64.6 Å². The molecule has 0 saturated carbocycles. The summed E-state index contributed by atoms with van der Waals surface area (Å²) in [5, 5.41) is 2.98. The van der Waals surface area contributed by atoms with Gasteiger partial charge in [-0.25, -0.2) is 4.79 Å². The van der Waals surface area contributed by atoms with E-state index in [-0.39, 0.29) is 18.6 Å². The van der Waals surface area contributed by atoms with Crippen LogP contribution in [-0.2, 0) is 9.53 Å². The summed E-state index contributed by atoms with van der Waals surface area (Å²) in [7, 11) is 0. The number of hydrogen-bond acceptors (Lipinski definition) is 5. The van der Waals surface area contributed by atoms with E-state index in [2.05, 4.69) is 10.3 Å². The van der Waals surface area contributed by atoms with Crippen LogP contribution in [0.1, 0.15) is 23.7 Å². The highest BCUT2D eigenvalue weighted by Gasteiger charge is 2.24. The predicted molar refractivity (Wildman–Crippen MR) is 86.5 cm³/mol. The minimum absolute atomic E-state index is 0.0247. The van der Waals surface area contributed by atoms with E-state index in [0.29, 0.717) is 5.69 Å². The molecule has 0 spiro atoms. The van der Waals surface area contributed by atoms with Gasteiger partial charge in [-0.05, 0) is 31.2 Å². The number of nitrogens with one attached hydrogen (secondary N) is 2. The first-order valence-corrected chi connectivity index (χ1v) is 7.31. The molecule has 0 saturated heterocycles. The summed E-state index contributed by atoms with van der Waals surface area (Å²) < 4.78 is 5.00. The van der Waals surface area contributed by atoms with Gasteiger partial charge in [0.05, 0.1) is 12.2 Å². The van der Waals surface area contributed by atoms with Crippen LogP contribution in [0.2, 0.25) is 0 Å². The third-order valence-corrected chi connectivity index (χ3v) is 3.19. The maximum atomic E-state index is 12.3. The molecule has 0 aliphatic carbocycles. The maximum absolute atomic E-state index is 12.3. The lowest BCUT2D eigenvalue weighted by molar-refractivity contribution is -0.144. The van der Waals surface area contributed by atoms with Gasteiger partial charge < -0.3 is 15.0 Å². The standard InChI is InChI=1S/C17H18N2O4/c1-2-23-17(22)14(19-12-7-4-3-5-8-12)11-15(20)13-9-6-10-18-16(13)21/h3-10,14,19H,2,11H2,1H3,(H,18,21). The van der Waals surface area contributed by atoms with Gasteiger partial charge in [0.15, 0.2) is 5.78 Å². The van der Waals surface area contributed by atoms with Crippen molar-refractivity contribution >= 4 is 17.4 Å². The van der Waals surface area contributed by atoms with Crippen LogP contribution in [0.25, 0.3) is 0 Å². The van der Waals surface area contributed by atoms with Crippen LogP contribution < -0.4 is 10.9 Å². The lowest BCUT2D eigenvalue weighted by atomic mass is 10.0. The number of esters is 1. The fraction of sp³-hybridized carbons (Fsp3) is 0.235. The average molecular weight is 314 g/mol. The number of aromatic nitrogens is 1. The van der Waals surface area contributed by atoms with Gasteiger partial charge in [-0.1, -0.05) is 18.2 Å². The molecule has 0 aliphatic heterocycles. The largest absolute Gasteiger partial charge is 0.464 e. The van der Waals surface area contributed by atoms with E-state index in [0.717, 1.165) is 0 Å². The molecule has 2 N–H and O–H groups in total. The molecule has 0 amide bonds. The van der Waals surface area contributed by atoms with Crippen LogP contribution in [0.5, 0.6) is 0 Å². The third-order valence-electron chi connectivity index (χ3n) is 3.19. The Morgan fingerprint density at radius 2 is 1.91 bits per heavy atom. The summed E-state index contributed by atoms with van der Waals surface area (Å²) in [5.41, 5.74) is 0.247. The zero-order valence-corrected chi connectivity index (χ0v) is 12.7. The van der Waals surface area contributed by atoms with E-state index in [1.165, 1.54) is 12.3 Å². The summed E-state index contributed by atoms with van der Waals surface area (Å²) >= 11 is 0. The van der Waals surface area contributed by atoms with Crippen LogP contribution in [0.15, 0.2) is 53.5 Å². The number of anilines is 1. The average Bonchev–Trinajstić information content (AvgIpc) is 2.55. The summed E-state index contributed by atoms with van der Waals surface area (Å²) in [4.78, 5) is 38.5. The van der Waals surface area contributed by atoms with Crippen LogP contribution in [0, 0.1) is 0 Å². The Kier molecular flexibility index (Phi) is 5.68. The number of H-pyrrole nitrogens is 1. The van der Waals surface area contributed by atoms with Crippen molar-refractivity contribution in [1.29, 1.82) is 0 Å². The first kappa shape index (κ1) is 16.5. The molecule has 0 bridgehead atoms. The van der Waals surface area contributed by atoms with Crippen LogP contribution >= 0.6 is 0 Å². The van der Waals surface area contributed by atoms with Gasteiger partial charge in [-0.15, -0.1) is 0 Å². The molecule has 120 valence electrons. The number of ether oxygens (including phenoxy) is 1. The number of carbonyl (C=O) groups is 2. The summed E-state index contributed by atoms with van der Waals surface area (Å²) in [6, 6.07) is 11.2. The number of rotatable bonds is 7. The highest BCUT2D eigenvalue weighted by atomic mass is 16.5. The smallest absolute Gasteiger partial charge is 0.329 e. The van der Waals surface area contributed by atoms with E-state index < -0.39 is 23.4 Å². The van der Waals surface area contributed by atoms with Crippen LogP contribution in [0.4, 0.5) is 5.69 Å². The molecule has 0 aliphatic rings. The number of para-hydroxylation sites is 1. The summed E-state index contributed by atoms with van der Waals surface area (Å²) in [6.45, 7) is 1.91. The van der Waals surface area contributed by atoms with E-state index in [9.17, 15) is 14.4 Å². The molecule has 23 heavy (non-hydrogen) atoms. The second-order valence-electron chi connectivity index (χ2n) is 4.86. The Hall–Kier alpha value is -2.89. The first-order valence-electron chi connectivity index (χ1n) is 7.31. The molecule has 1 unspecified atom stereocenters. The lowest BCUT2D eigenvalue weighted by Gasteiger charge is -2.17. The molecule has 6 heteroatoms. The Labute approximate surface area is 133 Å². The number of ketones is 1. The molecule has 1 atom stereocenters. The van der Waals surface area contributed by atoms with E-state index in [1.54, 1.807) is 25.1 Å². The fourth-order valence-electron chi connectivity index (χ4n) is 2.11. The van der Waals surface area contributed by atoms with Crippen molar-refractivity contribution in [3.8, 4) is 0 Å². The Morgan fingerprint density at radius 1 is 1.17 bits per heavy atom. The molecule has 0 radical (unpaired) electrons. The van der Waals surface area contributed by atoms with Gasteiger partial charge >= 0.3 is 5.97 Å². The van der Waals surface area contributed by atoms with E-state index >= 15 is 0 Å². The van der Waals surface area contributed by atoms with Gasteiger partial charge in [0, 0.05) is 18.3 Å². The van der Waals surface area contributed by atoms with Gasteiger partial charge in [0.25, 0.3) is 5.56 Å². The Balaban J connectivity index is 2.17. The molecule has 0 fully saturated rings. The summed E-state index contributed by atoms with van der Waals surface area (Å²) in [6.07, 6.45) is 1.28. The van der Waals surface area contributed by atoms with E-state index in [4.69, 9.17) is 4.74 Å². The van der Waals surface area contributed by atoms with Crippen molar-refractivity contribution in [2.75, 3.05) is 11.9 Å². The minimum atomic E-state index is -0.857. The molecule has 2 aromatic rings. The lowest BCUT2D eigenvalue weighted by Crippen LogP contribution is -2.34. The number of benzene rings is 1. The van der Waals surface area contributed by atoms with Gasteiger partial charge in [-0.2, -0.15) is 0 Å². The number of pyridine rings is 1. The minimum Gasteiger partial charge on any atom is -0.464 e. The molecular formula is C17H18N2O4. The monoisotopic (exact) mass is 314 g/mol. The van der Waals surface area contributed by atoms with Crippen LogP contribution in [0.3, 0.4) is 0 Å². The number of aromatic amines is 1. The number of Topliss-reactive ketones (excluding diaryl/α,β-unsaturated/α-hetero) is 1. The van der Waals surface area contributed by atoms with Crippen molar-refractivity contribution in [1.82, 2.24) is 4.98 Å². The zero-order valence-electron chi connectivity index (χ0n) is 12.7. The fourth-order valence-corrected chi connectivity index (χ4v) is 2.11. The quantitative estimate of drug-likeness (QED) is 0.603. The van der Waals surface area contributed by atoms with Gasteiger partial charge in [0.1, 0.15) is 6.04 Å². The molecule has 1 aromatic heterocycles. The topological polar surface area (TPSA) is 88.3 Å². The van der Waals surface area contributed by atoms with Crippen molar-refractivity contribution in [3.63, 3.8) is 0 Å². The molecular weight excluding hydrogens is 296 g/mol. The zero-order chi connectivity index (χ0) is 16.7. The Morgan fingerprint density at radius 3 is 2.57 bits per heavy atom. The normalized spacial score (nSPS) is 11.5. The SMILES string of the molecule is CCOC(=O)C(CC(=O)c1ccc[nH]c1=O)Nc1ccccc1. The van der Waals surface area contributed by atoms with Gasteiger partial charge in [0.2, 0.25) is 0 Å². The van der Waals surface area contributed by atoms with Crippen molar-refractivity contribution in [2.24, 2.45) is 0 Å². The maximum Gasteiger partial charge on any atom is 0.329 e. The van der Waals surface area contributed by atoms with Crippen molar-refractivity contribution in [2.45, 2.75) is 19.4 Å². The first-order chi connectivity index (χ1) is 11.1. The second kappa shape index (κ2) is 7.93. The van der Waals surface area contributed by atoms with Crippen LogP contribution in [-0.4, -0.2) is 29.4 Å². The van der Waals surface area contributed by atoms with Gasteiger partial charge in [-0.3, -0.25) is 9.59 Å². The highest BCUT2D eigenvalue weighted by molar-refractivity contribution is 5.99. The second-order valence-corrected chi connectivity index (χ2v) is 4.86.